The zero-order chi connectivity index (χ0) is 16.3. The molecule has 8 heteroatoms. The monoisotopic (exact) mass is 323 g/mol. The molecule has 22 heavy (non-hydrogen) atoms. The van der Waals surface area contributed by atoms with Crippen molar-refractivity contribution < 1.29 is 18.8 Å². The average molecular weight is 324 g/mol. The van der Waals surface area contributed by atoms with Gasteiger partial charge in [0.1, 0.15) is 5.76 Å². The summed E-state index contributed by atoms with van der Waals surface area (Å²) >= 11 is 5.84. The molecule has 1 heterocycles. The van der Waals surface area contributed by atoms with Crippen LogP contribution in [0.2, 0.25) is 5.02 Å². The summed E-state index contributed by atoms with van der Waals surface area (Å²) in [6, 6.07) is 6.13. The number of rotatable bonds is 4. The number of nitrogen functional groups attached to an aromatic ring is 1. The third kappa shape index (κ3) is 3.56. The first-order valence-electron chi connectivity index (χ1n) is 6.37. The number of halogens is 1. The lowest BCUT2D eigenvalue weighted by Gasteiger charge is -2.13. The molecule has 7 nitrogen and oxygen atoms in total. The number of nitrogens with two attached hydrogens (primary N) is 1. The summed E-state index contributed by atoms with van der Waals surface area (Å²) in [5.74, 6) is -0.486. The number of aryl methyl sites for hydroxylation is 1. The number of anilines is 2. The second kappa shape index (κ2) is 6.48. The Labute approximate surface area is 131 Å². The van der Waals surface area contributed by atoms with E-state index in [1.807, 2.05) is 0 Å². The number of aromatic nitrogens is 1. The van der Waals surface area contributed by atoms with Crippen molar-refractivity contribution in [2.24, 2.45) is 0 Å². The van der Waals surface area contributed by atoms with Crippen LogP contribution in [-0.4, -0.2) is 23.1 Å². The Balaban J connectivity index is 2.01. The maximum atomic E-state index is 12.0. The van der Waals surface area contributed by atoms with Crippen LogP contribution in [0.4, 0.5) is 11.5 Å². The SMILES string of the molecule is Cc1cc(NC(=O)[C@H](C)OC(=O)c2cccc(Cl)c2N)no1. The zero-order valence-corrected chi connectivity index (χ0v) is 12.7. The number of hydrogen-bond acceptors (Lipinski definition) is 6. The summed E-state index contributed by atoms with van der Waals surface area (Å²) in [5.41, 5.74) is 5.91. The van der Waals surface area contributed by atoms with Gasteiger partial charge in [0.05, 0.1) is 16.3 Å². The highest BCUT2D eigenvalue weighted by Crippen LogP contribution is 2.23. The van der Waals surface area contributed by atoms with E-state index >= 15 is 0 Å². The van der Waals surface area contributed by atoms with Gasteiger partial charge in [-0.25, -0.2) is 4.79 Å². The van der Waals surface area contributed by atoms with Gasteiger partial charge in [-0.05, 0) is 26.0 Å². The van der Waals surface area contributed by atoms with E-state index in [0.29, 0.717) is 5.76 Å². The summed E-state index contributed by atoms with van der Waals surface area (Å²) < 4.78 is 9.89. The third-order valence-corrected chi connectivity index (χ3v) is 3.13. The molecule has 116 valence electrons. The van der Waals surface area contributed by atoms with Gasteiger partial charge in [0, 0.05) is 6.07 Å². The predicted molar refractivity (Wildman–Crippen MR) is 80.6 cm³/mol. The summed E-state index contributed by atoms with van der Waals surface area (Å²) in [4.78, 5) is 23.9. The first kappa shape index (κ1) is 15.8. The highest BCUT2D eigenvalue weighted by molar-refractivity contribution is 6.33. The van der Waals surface area contributed by atoms with Gasteiger partial charge in [-0.2, -0.15) is 0 Å². The lowest BCUT2D eigenvalue weighted by molar-refractivity contribution is -0.123. The zero-order valence-electron chi connectivity index (χ0n) is 11.9. The highest BCUT2D eigenvalue weighted by Gasteiger charge is 2.21. The van der Waals surface area contributed by atoms with Crippen molar-refractivity contribution in [1.82, 2.24) is 5.16 Å². The molecule has 0 spiro atoms. The number of ether oxygens (including phenoxy) is 1. The third-order valence-electron chi connectivity index (χ3n) is 2.81. The van der Waals surface area contributed by atoms with Gasteiger partial charge in [-0.3, -0.25) is 4.79 Å². The molecule has 1 aromatic carbocycles. The van der Waals surface area contributed by atoms with Crippen molar-refractivity contribution >= 4 is 35.0 Å². The van der Waals surface area contributed by atoms with Crippen LogP contribution in [-0.2, 0) is 9.53 Å². The Morgan fingerprint density at radius 2 is 2.18 bits per heavy atom. The Morgan fingerprint density at radius 1 is 1.45 bits per heavy atom. The van der Waals surface area contributed by atoms with Crippen LogP contribution in [0.5, 0.6) is 0 Å². The van der Waals surface area contributed by atoms with Crippen molar-refractivity contribution in [3.63, 3.8) is 0 Å². The molecule has 0 radical (unpaired) electrons. The number of esters is 1. The molecule has 0 fully saturated rings. The summed E-state index contributed by atoms with van der Waals surface area (Å²) in [7, 11) is 0. The molecule has 1 aromatic heterocycles. The first-order chi connectivity index (χ1) is 10.4. The molecular weight excluding hydrogens is 310 g/mol. The average Bonchev–Trinajstić information content (AvgIpc) is 2.86. The van der Waals surface area contributed by atoms with Gasteiger partial charge in [-0.15, -0.1) is 0 Å². The largest absolute Gasteiger partial charge is 0.449 e. The first-order valence-corrected chi connectivity index (χ1v) is 6.75. The summed E-state index contributed by atoms with van der Waals surface area (Å²) in [5, 5.41) is 6.32. The molecule has 2 aromatic rings. The molecule has 2 rings (SSSR count). The van der Waals surface area contributed by atoms with Gasteiger partial charge in [-0.1, -0.05) is 22.8 Å². The Kier molecular flexibility index (Phi) is 4.67. The maximum absolute atomic E-state index is 12.0. The number of hydrogen-bond donors (Lipinski definition) is 2. The summed E-state index contributed by atoms with van der Waals surface area (Å²) in [6.45, 7) is 3.12. The number of para-hydroxylation sites is 1. The number of benzene rings is 1. The molecule has 1 atom stereocenters. The van der Waals surface area contributed by atoms with Crippen LogP contribution in [0.25, 0.3) is 0 Å². The molecular formula is C14H14ClN3O4. The quantitative estimate of drug-likeness (QED) is 0.660. The molecule has 0 bridgehead atoms. The number of nitrogens with zero attached hydrogens (tertiary/aromatic N) is 1. The number of carbonyl (C=O) groups excluding carboxylic acids is 2. The molecule has 0 aliphatic heterocycles. The van der Waals surface area contributed by atoms with E-state index in [2.05, 4.69) is 10.5 Å². The van der Waals surface area contributed by atoms with Crippen LogP contribution in [0.1, 0.15) is 23.0 Å². The normalized spacial score (nSPS) is 11.8. The van der Waals surface area contributed by atoms with E-state index in [4.69, 9.17) is 26.6 Å². The van der Waals surface area contributed by atoms with Gasteiger partial charge < -0.3 is 20.3 Å². The second-order valence-corrected chi connectivity index (χ2v) is 4.97. The van der Waals surface area contributed by atoms with Crippen LogP contribution >= 0.6 is 11.6 Å². The molecule has 0 aliphatic rings. The Bertz CT molecular complexity index is 714. The summed E-state index contributed by atoms with van der Waals surface area (Å²) in [6.07, 6.45) is -1.04. The van der Waals surface area contributed by atoms with Crippen molar-refractivity contribution in [1.29, 1.82) is 0 Å². The number of amides is 1. The van der Waals surface area contributed by atoms with E-state index in [1.54, 1.807) is 25.1 Å². The minimum absolute atomic E-state index is 0.101. The maximum Gasteiger partial charge on any atom is 0.341 e. The number of carbonyl (C=O) groups is 2. The van der Waals surface area contributed by atoms with E-state index in [1.165, 1.54) is 13.0 Å². The minimum atomic E-state index is -1.04. The van der Waals surface area contributed by atoms with Gasteiger partial charge in [0.2, 0.25) is 0 Å². The lowest BCUT2D eigenvalue weighted by Crippen LogP contribution is -2.30. The van der Waals surface area contributed by atoms with Crippen molar-refractivity contribution in [2.75, 3.05) is 11.1 Å². The van der Waals surface area contributed by atoms with E-state index in [0.717, 1.165) is 0 Å². The van der Waals surface area contributed by atoms with Gasteiger partial charge in [0.25, 0.3) is 5.91 Å². The predicted octanol–water partition coefficient (Wildman–Crippen LogP) is 2.40. The fourth-order valence-corrected chi connectivity index (χ4v) is 1.82. The molecule has 3 N–H and O–H groups in total. The number of nitrogens with one attached hydrogen (secondary N) is 1. The Morgan fingerprint density at radius 3 is 2.82 bits per heavy atom. The van der Waals surface area contributed by atoms with Crippen molar-refractivity contribution in [3.05, 3.63) is 40.6 Å². The highest BCUT2D eigenvalue weighted by atomic mass is 35.5. The smallest absolute Gasteiger partial charge is 0.341 e. The molecule has 0 saturated heterocycles. The van der Waals surface area contributed by atoms with E-state index in [-0.39, 0.29) is 22.1 Å². The van der Waals surface area contributed by atoms with E-state index in [9.17, 15) is 9.59 Å². The van der Waals surface area contributed by atoms with Crippen LogP contribution < -0.4 is 11.1 Å². The van der Waals surface area contributed by atoms with Crippen LogP contribution in [0.15, 0.2) is 28.8 Å². The molecule has 1 amide bonds. The Hall–Kier alpha value is -2.54. The van der Waals surface area contributed by atoms with Crippen LogP contribution in [0, 0.1) is 6.92 Å². The standard InChI is InChI=1S/C14H14ClN3O4/c1-7-6-11(18-22-7)17-13(19)8(2)21-14(20)9-4-3-5-10(15)12(9)16/h3-6,8H,16H2,1-2H3,(H,17,18,19)/t8-/m0/s1. The van der Waals surface area contributed by atoms with Crippen molar-refractivity contribution in [3.8, 4) is 0 Å². The second-order valence-electron chi connectivity index (χ2n) is 4.56. The van der Waals surface area contributed by atoms with E-state index < -0.39 is 18.0 Å². The van der Waals surface area contributed by atoms with Crippen LogP contribution in [0.3, 0.4) is 0 Å². The van der Waals surface area contributed by atoms with Crippen molar-refractivity contribution in [2.45, 2.75) is 20.0 Å². The minimum Gasteiger partial charge on any atom is -0.449 e. The fourth-order valence-electron chi connectivity index (χ4n) is 1.65. The molecule has 0 aliphatic carbocycles. The fraction of sp³-hybridized carbons (Fsp3) is 0.214. The molecule has 0 unspecified atom stereocenters. The lowest BCUT2D eigenvalue weighted by atomic mass is 10.2. The van der Waals surface area contributed by atoms with Gasteiger partial charge >= 0.3 is 5.97 Å². The molecule has 0 saturated carbocycles. The van der Waals surface area contributed by atoms with Gasteiger partial charge in [0.15, 0.2) is 11.9 Å². The topological polar surface area (TPSA) is 107 Å².